The van der Waals surface area contributed by atoms with Crippen LogP contribution in [0.15, 0.2) is 54.9 Å². The summed E-state index contributed by atoms with van der Waals surface area (Å²) < 4.78 is 44.0. The predicted molar refractivity (Wildman–Crippen MR) is 132 cm³/mol. The van der Waals surface area contributed by atoms with E-state index in [4.69, 9.17) is 4.74 Å². The summed E-state index contributed by atoms with van der Waals surface area (Å²) in [7, 11) is 1.32. The van der Waals surface area contributed by atoms with Gasteiger partial charge in [0, 0.05) is 12.4 Å². The fourth-order valence-electron chi connectivity index (χ4n) is 4.37. The van der Waals surface area contributed by atoms with Gasteiger partial charge < -0.3 is 15.2 Å². The first kappa shape index (κ1) is 24.8. The zero-order valence-electron chi connectivity index (χ0n) is 19.8. The van der Waals surface area contributed by atoms with E-state index in [9.17, 15) is 23.1 Å². The van der Waals surface area contributed by atoms with Crippen LogP contribution >= 0.6 is 11.3 Å². The van der Waals surface area contributed by atoms with Crippen molar-refractivity contribution in [2.45, 2.75) is 31.5 Å². The third-order valence-corrected chi connectivity index (χ3v) is 7.32. The summed E-state index contributed by atoms with van der Waals surface area (Å²) in [5.74, 6) is -0.0888. The lowest BCUT2D eigenvalue weighted by Crippen LogP contribution is -2.23. The molecular weight excluding hydrogens is 505 g/mol. The van der Waals surface area contributed by atoms with Crippen molar-refractivity contribution in [3.63, 3.8) is 0 Å². The number of esters is 1. The molecule has 0 fully saturated rings. The Hall–Kier alpha value is -3.83. The number of aromatic nitrogens is 3. The highest BCUT2D eigenvalue weighted by molar-refractivity contribution is 7.15. The molecule has 2 N–H and O–H groups in total. The zero-order chi connectivity index (χ0) is 26.4. The molecule has 37 heavy (non-hydrogen) atoms. The van der Waals surface area contributed by atoms with Gasteiger partial charge in [-0.1, -0.05) is 6.07 Å². The predicted octanol–water partition coefficient (Wildman–Crippen LogP) is 5.64. The highest BCUT2D eigenvalue weighted by Crippen LogP contribution is 2.45. The molecule has 0 spiro atoms. The lowest BCUT2D eigenvalue weighted by atomic mass is 9.96. The Kier molecular flexibility index (Phi) is 6.20. The average molecular weight is 527 g/mol. The minimum absolute atomic E-state index is 0.0204. The maximum Gasteiger partial charge on any atom is 0.416 e. The quantitative estimate of drug-likeness (QED) is 0.325. The molecule has 0 aliphatic heterocycles. The van der Waals surface area contributed by atoms with Crippen molar-refractivity contribution in [2.24, 2.45) is 0 Å². The summed E-state index contributed by atoms with van der Waals surface area (Å²) in [6, 6.07) is 10.4. The number of methoxy groups -OCH3 is 1. The summed E-state index contributed by atoms with van der Waals surface area (Å²) >= 11 is 1.28. The first-order chi connectivity index (χ1) is 17.6. The first-order valence-corrected chi connectivity index (χ1v) is 12.1. The van der Waals surface area contributed by atoms with Gasteiger partial charge in [-0.15, -0.1) is 11.3 Å². The number of nitrogens with zero attached hydrogens (tertiary/aromatic N) is 3. The Morgan fingerprint density at radius 1 is 1.14 bits per heavy atom. The number of hydrogen-bond acceptors (Lipinski definition) is 8. The number of hydrogen-bond donors (Lipinski definition) is 2. The van der Waals surface area contributed by atoms with E-state index in [1.54, 1.807) is 30.5 Å². The highest BCUT2D eigenvalue weighted by atomic mass is 32.1. The fraction of sp³-hybridized carbons (Fsp3) is 0.231. The van der Waals surface area contributed by atoms with Crippen molar-refractivity contribution in [1.82, 2.24) is 15.0 Å². The molecule has 1 aromatic carbocycles. The van der Waals surface area contributed by atoms with E-state index >= 15 is 0 Å². The maximum absolute atomic E-state index is 13.1. The van der Waals surface area contributed by atoms with E-state index in [0.29, 0.717) is 45.4 Å². The van der Waals surface area contributed by atoms with Crippen LogP contribution in [0.5, 0.6) is 0 Å². The summed E-state index contributed by atoms with van der Waals surface area (Å²) in [6.45, 7) is 1.84. The Morgan fingerprint density at radius 2 is 1.95 bits per heavy atom. The summed E-state index contributed by atoms with van der Waals surface area (Å²) in [6.07, 6.45) is -0.788. The molecule has 4 aromatic rings. The third kappa shape index (κ3) is 4.79. The summed E-state index contributed by atoms with van der Waals surface area (Å²) in [5, 5.41) is 14.9. The summed E-state index contributed by atoms with van der Waals surface area (Å²) in [5.41, 5.74) is 1.24. The van der Waals surface area contributed by atoms with Crippen LogP contribution in [0.4, 0.5) is 24.8 Å². The number of benzene rings is 1. The molecule has 5 rings (SSSR count). The Bertz CT molecular complexity index is 1500. The molecule has 0 bridgehead atoms. The second-order valence-electron chi connectivity index (χ2n) is 8.72. The molecule has 3 aromatic heterocycles. The third-order valence-electron chi connectivity index (χ3n) is 6.15. The fourth-order valence-corrected chi connectivity index (χ4v) is 5.38. The minimum atomic E-state index is -4.48. The molecule has 1 aliphatic rings. The van der Waals surface area contributed by atoms with Gasteiger partial charge in [-0.2, -0.15) is 13.2 Å². The van der Waals surface area contributed by atoms with Gasteiger partial charge in [0.15, 0.2) is 0 Å². The Labute approximate surface area is 214 Å². The van der Waals surface area contributed by atoms with E-state index in [-0.39, 0.29) is 5.82 Å². The van der Waals surface area contributed by atoms with Gasteiger partial charge in [-0.05, 0) is 72.9 Å². The van der Waals surface area contributed by atoms with Gasteiger partial charge in [0.2, 0.25) is 0 Å². The molecule has 0 saturated carbocycles. The molecule has 190 valence electrons. The van der Waals surface area contributed by atoms with Crippen molar-refractivity contribution in [3.05, 3.63) is 87.7 Å². The van der Waals surface area contributed by atoms with Crippen molar-refractivity contribution < 1.29 is 27.8 Å². The van der Waals surface area contributed by atoms with Crippen LogP contribution < -0.4 is 5.32 Å². The molecule has 7 nitrogen and oxygen atoms in total. The number of pyridine rings is 2. The minimum Gasteiger partial charge on any atom is -0.465 e. The first-order valence-electron chi connectivity index (χ1n) is 11.3. The normalized spacial score (nSPS) is 16.9. The smallest absolute Gasteiger partial charge is 0.416 e. The van der Waals surface area contributed by atoms with Crippen LogP contribution in [-0.4, -0.2) is 33.1 Å². The molecular formula is C26H21F3N4O3S. The lowest BCUT2D eigenvalue weighted by molar-refractivity contribution is -0.137. The van der Waals surface area contributed by atoms with Crippen LogP contribution in [0.3, 0.4) is 0 Å². The van der Waals surface area contributed by atoms with Crippen LogP contribution in [-0.2, 0) is 22.9 Å². The number of rotatable bonds is 5. The number of carbonyl (C=O) groups is 1. The van der Waals surface area contributed by atoms with Gasteiger partial charge in [-0.25, -0.2) is 19.7 Å². The standard InChI is InChI=1S/C26H21F3N4O3S/c1-14-9-19(32-22(10-14)33-21-12-17(6-8-30-21)26(27,28)29)20-13-31-24(37-20)25(35)7-5-15-11-16(23(34)36-2)3-4-18(15)25/h3-4,6,8-13,35H,5,7H2,1-2H3,(H,30,32,33)/t25-/m0/s1. The second kappa shape index (κ2) is 9.24. The van der Waals surface area contributed by atoms with Gasteiger partial charge in [0.25, 0.3) is 0 Å². The average Bonchev–Trinajstić information content (AvgIpc) is 3.49. The van der Waals surface area contributed by atoms with E-state index < -0.39 is 23.3 Å². The zero-order valence-corrected chi connectivity index (χ0v) is 20.6. The lowest BCUT2D eigenvalue weighted by Gasteiger charge is -2.21. The van der Waals surface area contributed by atoms with E-state index in [1.807, 2.05) is 13.0 Å². The Balaban J connectivity index is 1.43. The number of anilines is 2. The molecule has 11 heteroatoms. The topological polar surface area (TPSA) is 97.2 Å². The molecule has 0 radical (unpaired) electrons. The number of halogens is 3. The van der Waals surface area contributed by atoms with Crippen LogP contribution in [0.1, 0.15) is 44.0 Å². The monoisotopic (exact) mass is 526 g/mol. The van der Waals surface area contributed by atoms with Gasteiger partial charge in [0.05, 0.1) is 28.8 Å². The molecule has 1 aliphatic carbocycles. The van der Waals surface area contributed by atoms with Crippen molar-refractivity contribution in [1.29, 1.82) is 0 Å². The number of aliphatic hydroxyl groups is 1. The van der Waals surface area contributed by atoms with Gasteiger partial charge in [-0.3, -0.25) is 0 Å². The van der Waals surface area contributed by atoms with Crippen molar-refractivity contribution >= 4 is 28.9 Å². The van der Waals surface area contributed by atoms with Crippen LogP contribution in [0, 0.1) is 6.92 Å². The van der Waals surface area contributed by atoms with Crippen LogP contribution in [0.2, 0.25) is 0 Å². The SMILES string of the molecule is COC(=O)c1ccc2c(c1)CC[C@@]2(O)c1ncc(-c2cc(C)cc(Nc3cc(C(F)(F)F)ccn3)n2)s1. The molecule has 1 atom stereocenters. The van der Waals surface area contributed by atoms with Crippen LogP contribution in [0.25, 0.3) is 10.6 Å². The number of thiazole rings is 1. The molecule has 0 amide bonds. The number of alkyl halides is 3. The number of fused-ring (bicyclic) bond motifs is 1. The van der Waals surface area contributed by atoms with Gasteiger partial charge >= 0.3 is 12.1 Å². The number of ether oxygens (including phenoxy) is 1. The molecule has 0 saturated heterocycles. The second-order valence-corrected chi connectivity index (χ2v) is 9.75. The number of nitrogens with one attached hydrogen (secondary N) is 1. The van der Waals surface area contributed by atoms with E-state index in [1.165, 1.54) is 18.4 Å². The summed E-state index contributed by atoms with van der Waals surface area (Å²) in [4.78, 5) is 25.6. The van der Waals surface area contributed by atoms with E-state index in [0.717, 1.165) is 29.5 Å². The maximum atomic E-state index is 13.1. The largest absolute Gasteiger partial charge is 0.465 e. The number of carbonyl (C=O) groups excluding carboxylic acids is 1. The molecule has 0 unspecified atom stereocenters. The molecule has 3 heterocycles. The Morgan fingerprint density at radius 3 is 2.70 bits per heavy atom. The van der Waals surface area contributed by atoms with Crippen molar-refractivity contribution in [2.75, 3.05) is 12.4 Å². The van der Waals surface area contributed by atoms with E-state index in [2.05, 4.69) is 20.3 Å². The van der Waals surface area contributed by atoms with Crippen molar-refractivity contribution in [3.8, 4) is 10.6 Å². The number of aryl methyl sites for hydroxylation is 2. The van der Waals surface area contributed by atoms with Gasteiger partial charge in [0.1, 0.15) is 22.2 Å². The highest BCUT2D eigenvalue weighted by Gasteiger charge is 2.41.